The lowest BCUT2D eigenvalue weighted by Gasteiger charge is -2.15. The van der Waals surface area contributed by atoms with Gasteiger partial charge in [-0.25, -0.2) is 4.79 Å². The molecule has 2 heterocycles. The molecule has 43 heavy (non-hydrogen) atoms. The number of thiocarbonyl (C=S) groups is 1. The van der Waals surface area contributed by atoms with Crippen molar-refractivity contribution in [1.82, 2.24) is 4.90 Å². The standard InChI is InChI=1S/C27H18F6N2O5S3/c1-40-20-9-13(24(38)39)2-3-19(20)34-22(36)4-5-35-23(37)21(43-25(35)41)11-18-8-15(12-42-18)14-6-16(26(28,29)30)10-17(7-14)27(31,32)33/h2-3,6-12H,4-5H2,1H3,(H,34,36)(H,38,39). The molecule has 4 rings (SSSR count). The van der Waals surface area contributed by atoms with Crippen LogP contribution in [0.15, 0.2) is 52.7 Å². The van der Waals surface area contributed by atoms with E-state index in [1.165, 1.54) is 47.7 Å². The zero-order chi connectivity index (χ0) is 31.7. The Kier molecular flexibility index (Phi) is 9.22. The third-order valence-corrected chi connectivity index (χ3v) is 8.23. The van der Waals surface area contributed by atoms with Crippen molar-refractivity contribution in [2.45, 2.75) is 18.8 Å². The molecule has 1 fully saturated rings. The Morgan fingerprint density at radius 2 is 1.67 bits per heavy atom. The first-order valence-corrected chi connectivity index (χ1v) is 14.0. The van der Waals surface area contributed by atoms with Crippen molar-refractivity contribution in [2.75, 3.05) is 19.0 Å². The van der Waals surface area contributed by atoms with E-state index in [0.717, 1.165) is 23.1 Å². The lowest BCUT2D eigenvalue weighted by Crippen LogP contribution is -2.31. The average Bonchev–Trinajstić information content (AvgIpc) is 3.50. The zero-order valence-corrected chi connectivity index (χ0v) is 24.1. The molecule has 3 aromatic rings. The molecule has 0 saturated carbocycles. The number of hydrogen-bond acceptors (Lipinski definition) is 7. The summed E-state index contributed by atoms with van der Waals surface area (Å²) in [4.78, 5) is 38.4. The van der Waals surface area contributed by atoms with Crippen LogP contribution in [0.3, 0.4) is 0 Å². The number of methoxy groups -OCH3 is 1. The average molecular weight is 661 g/mol. The van der Waals surface area contributed by atoms with Crippen LogP contribution < -0.4 is 10.1 Å². The zero-order valence-electron chi connectivity index (χ0n) is 21.6. The highest BCUT2D eigenvalue weighted by Crippen LogP contribution is 2.40. The van der Waals surface area contributed by atoms with Crippen molar-refractivity contribution in [2.24, 2.45) is 0 Å². The number of carbonyl (C=O) groups excluding carboxylic acids is 2. The number of aromatic carboxylic acids is 1. The van der Waals surface area contributed by atoms with E-state index in [1.807, 2.05) is 0 Å². The molecule has 226 valence electrons. The number of rotatable bonds is 8. The fraction of sp³-hybridized carbons (Fsp3) is 0.185. The fourth-order valence-corrected chi connectivity index (χ4v) is 6.10. The molecule has 0 radical (unpaired) electrons. The van der Waals surface area contributed by atoms with Crippen molar-refractivity contribution < 1.29 is 50.6 Å². The third-order valence-electron chi connectivity index (χ3n) is 5.97. The summed E-state index contributed by atoms with van der Waals surface area (Å²) in [5.41, 5.74) is -2.88. The minimum Gasteiger partial charge on any atom is -0.495 e. The number of nitrogens with one attached hydrogen (secondary N) is 1. The van der Waals surface area contributed by atoms with Crippen LogP contribution in [-0.2, 0) is 21.9 Å². The molecule has 16 heteroatoms. The Hall–Kier alpha value is -3.89. The Morgan fingerprint density at radius 3 is 2.26 bits per heavy atom. The summed E-state index contributed by atoms with van der Waals surface area (Å²) in [5, 5.41) is 13.1. The van der Waals surface area contributed by atoms with E-state index in [-0.39, 0.29) is 56.4 Å². The highest BCUT2D eigenvalue weighted by molar-refractivity contribution is 8.26. The third kappa shape index (κ3) is 7.55. The fourth-order valence-electron chi connectivity index (χ4n) is 3.88. The molecule has 0 atom stereocenters. The minimum absolute atomic E-state index is 0.0436. The quantitative estimate of drug-likeness (QED) is 0.148. The van der Waals surface area contributed by atoms with Crippen molar-refractivity contribution in [3.63, 3.8) is 0 Å². The Labute approximate surface area is 253 Å². The van der Waals surface area contributed by atoms with E-state index in [4.69, 9.17) is 22.1 Å². The summed E-state index contributed by atoms with van der Waals surface area (Å²) in [6.07, 6.45) is -8.74. The van der Waals surface area contributed by atoms with Crippen LogP contribution in [0.1, 0.15) is 32.8 Å². The van der Waals surface area contributed by atoms with Crippen LogP contribution in [0.4, 0.5) is 32.0 Å². The molecule has 0 bridgehead atoms. The minimum atomic E-state index is -4.99. The van der Waals surface area contributed by atoms with E-state index >= 15 is 0 Å². The summed E-state index contributed by atoms with van der Waals surface area (Å²) in [6, 6.07) is 6.55. The van der Waals surface area contributed by atoms with Crippen LogP contribution in [0.5, 0.6) is 5.75 Å². The molecular formula is C27H18F6N2O5S3. The van der Waals surface area contributed by atoms with Gasteiger partial charge in [0.25, 0.3) is 5.91 Å². The van der Waals surface area contributed by atoms with Crippen molar-refractivity contribution in [3.05, 3.63) is 74.3 Å². The van der Waals surface area contributed by atoms with Gasteiger partial charge in [-0.2, -0.15) is 26.3 Å². The van der Waals surface area contributed by atoms with Crippen LogP contribution >= 0.6 is 35.3 Å². The van der Waals surface area contributed by atoms with Gasteiger partial charge in [-0.05, 0) is 65.0 Å². The monoisotopic (exact) mass is 660 g/mol. The SMILES string of the molecule is COc1cc(C(=O)O)ccc1NC(=O)CCN1C(=O)C(=Cc2cc(-c3cc(C(F)(F)F)cc(C(F)(F)F)c3)cs2)SC1=S. The van der Waals surface area contributed by atoms with Crippen LogP contribution in [0.25, 0.3) is 17.2 Å². The summed E-state index contributed by atoms with van der Waals surface area (Å²) < 4.78 is 84.8. The number of anilines is 1. The first kappa shape index (κ1) is 32.0. The number of thioether (sulfide) groups is 1. The maximum Gasteiger partial charge on any atom is 0.416 e. The van der Waals surface area contributed by atoms with Gasteiger partial charge in [0, 0.05) is 17.8 Å². The van der Waals surface area contributed by atoms with E-state index in [0.29, 0.717) is 17.0 Å². The normalized spacial score (nSPS) is 14.9. The predicted octanol–water partition coefficient (Wildman–Crippen LogP) is 7.39. The summed E-state index contributed by atoms with van der Waals surface area (Å²) >= 11 is 7.20. The summed E-state index contributed by atoms with van der Waals surface area (Å²) in [6.45, 7) is -0.0937. The highest BCUT2D eigenvalue weighted by Gasteiger charge is 2.37. The molecular weight excluding hydrogens is 642 g/mol. The van der Waals surface area contributed by atoms with Gasteiger partial charge in [0.2, 0.25) is 5.91 Å². The molecule has 2 N–H and O–H groups in total. The number of ether oxygens (including phenoxy) is 1. The number of alkyl halides is 6. The predicted molar refractivity (Wildman–Crippen MR) is 153 cm³/mol. The van der Waals surface area contributed by atoms with Gasteiger partial charge in [-0.15, -0.1) is 11.3 Å². The van der Waals surface area contributed by atoms with Crippen molar-refractivity contribution >= 4 is 69.2 Å². The topological polar surface area (TPSA) is 95.9 Å². The number of thiophene rings is 1. The maximum atomic E-state index is 13.3. The Balaban J connectivity index is 1.46. The number of carbonyl (C=O) groups is 3. The molecule has 0 unspecified atom stereocenters. The summed E-state index contributed by atoms with van der Waals surface area (Å²) in [7, 11) is 1.30. The van der Waals surface area contributed by atoms with Gasteiger partial charge >= 0.3 is 18.3 Å². The van der Waals surface area contributed by atoms with E-state index in [1.54, 1.807) is 0 Å². The number of benzene rings is 2. The number of nitrogens with zero attached hydrogens (tertiary/aromatic N) is 1. The van der Waals surface area contributed by atoms with Crippen LogP contribution in [-0.4, -0.2) is 45.8 Å². The first-order chi connectivity index (χ1) is 20.1. The van der Waals surface area contributed by atoms with Crippen LogP contribution in [0.2, 0.25) is 0 Å². The second-order valence-electron chi connectivity index (χ2n) is 8.88. The van der Waals surface area contributed by atoms with Gasteiger partial charge in [0.1, 0.15) is 10.1 Å². The molecule has 2 aromatic carbocycles. The van der Waals surface area contributed by atoms with E-state index in [9.17, 15) is 40.7 Å². The molecule has 0 aliphatic carbocycles. The first-order valence-electron chi connectivity index (χ1n) is 11.9. The maximum absolute atomic E-state index is 13.3. The molecule has 2 amide bonds. The van der Waals surface area contributed by atoms with Crippen molar-refractivity contribution in [1.29, 1.82) is 0 Å². The number of carboxylic acids is 1. The summed E-state index contributed by atoms with van der Waals surface area (Å²) in [5.74, 6) is -2.10. The molecule has 0 spiro atoms. The number of hydrogen-bond donors (Lipinski definition) is 2. The Bertz CT molecular complexity index is 1620. The lowest BCUT2D eigenvalue weighted by molar-refractivity contribution is -0.143. The smallest absolute Gasteiger partial charge is 0.416 e. The largest absolute Gasteiger partial charge is 0.495 e. The lowest BCUT2D eigenvalue weighted by atomic mass is 10.0. The number of amides is 2. The van der Waals surface area contributed by atoms with Crippen molar-refractivity contribution in [3.8, 4) is 16.9 Å². The van der Waals surface area contributed by atoms with Gasteiger partial charge in [-0.1, -0.05) is 24.0 Å². The molecule has 1 aliphatic rings. The second kappa shape index (κ2) is 12.4. The molecule has 7 nitrogen and oxygen atoms in total. The van der Waals surface area contributed by atoms with Gasteiger partial charge in [0.05, 0.1) is 34.4 Å². The van der Waals surface area contributed by atoms with E-state index < -0.39 is 41.3 Å². The Morgan fingerprint density at radius 1 is 1.02 bits per heavy atom. The van der Waals surface area contributed by atoms with Gasteiger partial charge < -0.3 is 15.2 Å². The number of halogens is 6. The molecule has 1 aromatic heterocycles. The van der Waals surface area contributed by atoms with Gasteiger partial charge in [0.15, 0.2) is 0 Å². The molecule has 1 saturated heterocycles. The molecule has 1 aliphatic heterocycles. The second-order valence-corrected chi connectivity index (χ2v) is 11.5. The highest BCUT2D eigenvalue weighted by atomic mass is 32.2. The van der Waals surface area contributed by atoms with Gasteiger partial charge in [-0.3, -0.25) is 14.5 Å². The van der Waals surface area contributed by atoms with E-state index in [2.05, 4.69) is 5.32 Å². The van der Waals surface area contributed by atoms with Crippen LogP contribution in [0, 0.1) is 0 Å². The number of carboxylic acid groups (broad SMARTS) is 1.